The number of hydrogen-bond acceptors (Lipinski definition) is 5. The number of fused-ring (bicyclic) bond motifs is 1. The van der Waals surface area contributed by atoms with Crippen molar-refractivity contribution in [3.63, 3.8) is 0 Å². The first-order valence-corrected chi connectivity index (χ1v) is 10.2. The SMILES string of the molecule is CCCn1c(SCC(=O)Nc2ccccc2C(F)(F)F)nc2ccsc2c1=O. The summed E-state index contributed by atoms with van der Waals surface area (Å²) < 4.78 is 41.2. The van der Waals surface area contributed by atoms with E-state index in [1.807, 2.05) is 6.92 Å². The Balaban J connectivity index is 1.79. The molecule has 148 valence electrons. The number of hydrogen-bond donors (Lipinski definition) is 1. The van der Waals surface area contributed by atoms with E-state index < -0.39 is 17.6 Å². The summed E-state index contributed by atoms with van der Waals surface area (Å²) in [5.74, 6) is -0.776. The maximum Gasteiger partial charge on any atom is 0.418 e. The van der Waals surface area contributed by atoms with Crippen molar-refractivity contribution >= 4 is 44.9 Å². The van der Waals surface area contributed by atoms with Crippen LogP contribution in [0.15, 0.2) is 45.7 Å². The summed E-state index contributed by atoms with van der Waals surface area (Å²) in [4.78, 5) is 29.2. The molecule has 0 aliphatic rings. The average molecular weight is 427 g/mol. The van der Waals surface area contributed by atoms with Gasteiger partial charge in [-0.25, -0.2) is 4.98 Å². The molecule has 0 saturated carbocycles. The molecule has 0 fully saturated rings. The molecule has 2 heterocycles. The first-order valence-electron chi connectivity index (χ1n) is 8.38. The van der Waals surface area contributed by atoms with Crippen LogP contribution in [0.2, 0.25) is 0 Å². The lowest BCUT2D eigenvalue weighted by atomic mass is 10.1. The Labute approximate surface area is 166 Å². The van der Waals surface area contributed by atoms with Gasteiger partial charge in [-0.1, -0.05) is 30.8 Å². The third-order valence-electron chi connectivity index (χ3n) is 3.82. The second kappa shape index (κ2) is 8.36. The normalized spacial score (nSPS) is 11.7. The zero-order valence-corrected chi connectivity index (χ0v) is 16.4. The van der Waals surface area contributed by atoms with Gasteiger partial charge in [-0.05, 0) is 30.0 Å². The predicted molar refractivity (Wildman–Crippen MR) is 105 cm³/mol. The first-order chi connectivity index (χ1) is 13.3. The van der Waals surface area contributed by atoms with E-state index in [0.29, 0.717) is 28.3 Å². The zero-order chi connectivity index (χ0) is 20.3. The molecule has 0 aliphatic heterocycles. The monoisotopic (exact) mass is 427 g/mol. The summed E-state index contributed by atoms with van der Waals surface area (Å²) in [6.45, 7) is 2.36. The minimum absolute atomic E-state index is 0.169. The largest absolute Gasteiger partial charge is 0.418 e. The molecule has 0 atom stereocenters. The van der Waals surface area contributed by atoms with Crippen molar-refractivity contribution in [3.05, 3.63) is 51.6 Å². The molecule has 2 aromatic heterocycles. The van der Waals surface area contributed by atoms with E-state index in [4.69, 9.17) is 0 Å². The number of aromatic nitrogens is 2. The molecular formula is C18H16F3N3O2S2. The molecule has 1 aromatic carbocycles. The Morgan fingerprint density at radius 3 is 2.75 bits per heavy atom. The van der Waals surface area contributed by atoms with Gasteiger partial charge < -0.3 is 5.32 Å². The molecule has 0 radical (unpaired) electrons. The molecular weight excluding hydrogens is 411 g/mol. The maximum absolute atomic E-state index is 13.0. The topological polar surface area (TPSA) is 64.0 Å². The van der Waals surface area contributed by atoms with Crippen molar-refractivity contribution in [3.8, 4) is 0 Å². The van der Waals surface area contributed by atoms with E-state index >= 15 is 0 Å². The van der Waals surface area contributed by atoms with Crippen molar-refractivity contribution in [2.24, 2.45) is 0 Å². The summed E-state index contributed by atoms with van der Waals surface area (Å²) in [5, 5.41) is 4.43. The van der Waals surface area contributed by atoms with Crippen LogP contribution in [0, 0.1) is 0 Å². The lowest BCUT2D eigenvalue weighted by molar-refractivity contribution is -0.137. The molecule has 1 N–H and O–H groups in total. The summed E-state index contributed by atoms with van der Waals surface area (Å²) >= 11 is 2.33. The highest BCUT2D eigenvalue weighted by Crippen LogP contribution is 2.34. The van der Waals surface area contributed by atoms with Crippen molar-refractivity contribution < 1.29 is 18.0 Å². The number of nitrogens with one attached hydrogen (secondary N) is 1. The number of rotatable bonds is 6. The predicted octanol–water partition coefficient (Wildman–Crippen LogP) is 4.62. The third kappa shape index (κ3) is 4.39. The molecule has 0 unspecified atom stereocenters. The number of benzene rings is 1. The Kier molecular flexibility index (Phi) is 6.09. The fraction of sp³-hybridized carbons (Fsp3) is 0.278. The van der Waals surface area contributed by atoms with Crippen molar-refractivity contribution in [1.29, 1.82) is 0 Å². The van der Waals surface area contributed by atoms with E-state index in [1.165, 1.54) is 34.1 Å². The van der Waals surface area contributed by atoms with Crippen LogP contribution in [0.1, 0.15) is 18.9 Å². The minimum Gasteiger partial charge on any atom is -0.325 e. The summed E-state index contributed by atoms with van der Waals surface area (Å²) in [6, 6.07) is 6.52. The molecule has 0 saturated heterocycles. The van der Waals surface area contributed by atoms with Gasteiger partial charge in [-0.2, -0.15) is 13.2 Å². The van der Waals surface area contributed by atoms with Crippen molar-refractivity contribution in [2.45, 2.75) is 31.2 Å². The molecule has 3 rings (SSSR count). The van der Waals surface area contributed by atoms with E-state index in [1.54, 1.807) is 11.4 Å². The van der Waals surface area contributed by atoms with Gasteiger partial charge >= 0.3 is 6.18 Å². The molecule has 3 aromatic rings. The number of amides is 1. The van der Waals surface area contributed by atoms with Crippen LogP contribution in [0.25, 0.3) is 10.2 Å². The molecule has 1 amide bonds. The van der Waals surface area contributed by atoms with Gasteiger partial charge in [0.25, 0.3) is 5.56 Å². The van der Waals surface area contributed by atoms with Crippen LogP contribution in [0.5, 0.6) is 0 Å². The number of thiophene rings is 1. The van der Waals surface area contributed by atoms with Gasteiger partial charge in [-0.15, -0.1) is 11.3 Å². The van der Waals surface area contributed by atoms with E-state index in [9.17, 15) is 22.8 Å². The average Bonchev–Trinajstić information content (AvgIpc) is 3.11. The van der Waals surface area contributed by atoms with Gasteiger partial charge in [0.15, 0.2) is 5.16 Å². The van der Waals surface area contributed by atoms with Crippen LogP contribution < -0.4 is 10.9 Å². The lowest BCUT2D eigenvalue weighted by Crippen LogP contribution is -2.23. The summed E-state index contributed by atoms with van der Waals surface area (Å²) in [6.07, 6.45) is -3.86. The molecule has 0 bridgehead atoms. The van der Waals surface area contributed by atoms with Crippen molar-refractivity contribution in [2.75, 3.05) is 11.1 Å². The molecule has 0 spiro atoms. The smallest absolute Gasteiger partial charge is 0.325 e. The van der Waals surface area contributed by atoms with Crippen LogP contribution in [0.3, 0.4) is 0 Å². The number of para-hydroxylation sites is 1. The number of carbonyl (C=O) groups is 1. The number of nitrogens with zero attached hydrogens (tertiary/aromatic N) is 2. The van der Waals surface area contributed by atoms with Crippen LogP contribution in [-0.4, -0.2) is 21.2 Å². The van der Waals surface area contributed by atoms with Crippen LogP contribution in [0.4, 0.5) is 18.9 Å². The Morgan fingerprint density at radius 1 is 1.29 bits per heavy atom. The zero-order valence-electron chi connectivity index (χ0n) is 14.7. The second-order valence-electron chi connectivity index (χ2n) is 5.87. The Bertz CT molecular complexity index is 1060. The highest BCUT2D eigenvalue weighted by molar-refractivity contribution is 7.99. The summed E-state index contributed by atoms with van der Waals surface area (Å²) in [5.41, 5.74) is -0.832. The third-order valence-corrected chi connectivity index (χ3v) is 5.68. The highest BCUT2D eigenvalue weighted by Gasteiger charge is 2.33. The van der Waals surface area contributed by atoms with E-state index in [-0.39, 0.29) is 17.0 Å². The maximum atomic E-state index is 13.0. The van der Waals surface area contributed by atoms with Gasteiger partial charge in [0.1, 0.15) is 4.70 Å². The number of halogens is 3. The van der Waals surface area contributed by atoms with Crippen molar-refractivity contribution in [1.82, 2.24) is 9.55 Å². The van der Waals surface area contributed by atoms with Gasteiger partial charge in [0.05, 0.1) is 22.5 Å². The lowest BCUT2D eigenvalue weighted by Gasteiger charge is -2.14. The van der Waals surface area contributed by atoms with Gasteiger partial charge in [0, 0.05) is 6.54 Å². The van der Waals surface area contributed by atoms with E-state index in [0.717, 1.165) is 17.8 Å². The van der Waals surface area contributed by atoms with Crippen LogP contribution >= 0.6 is 23.1 Å². The number of carbonyl (C=O) groups excluding carboxylic acids is 1. The Hall–Kier alpha value is -2.33. The molecule has 28 heavy (non-hydrogen) atoms. The highest BCUT2D eigenvalue weighted by atomic mass is 32.2. The number of anilines is 1. The molecule has 5 nitrogen and oxygen atoms in total. The van der Waals surface area contributed by atoms with E-state index in [2.05, 4.69) is 10.3 Å². The van der Waals surface area contributed by atoms with Gasteiger partial charge in [0.2, 0.25) is 5.91 Å². The minimum atomic E-state index is -4.57. The molecule has 10 heteroatoms. The quantitative estimate of drug-likeness (QED) is 0.461. The fourth-order valence-electron chi connectivity index (χ4n) is 2.61. The Morgan fingerprint density at radius 2 is 2.04 bits per heavy atom. The first kappa shape index (κ1) is 20.4. The van der Waals surface area contributed by atoms with Crippen LogP contribution in [-0.2, 0) is 17.5 Å². The second-order valence-corrected chi connectivity index (χ2v) is 7.72. The fourth-order valence-corrected chi connectivity index (χ4v) is 4.21. The number of alkyl halides is 3. The molecule has 0 aliphatic carbocycles. The standard InChI is InChI=1S/C18H16F3N3O2S2/c1-2-8-24-16(26)15-13(7-9-27-15)23-17(24)28-10-14(25)22-12-6-4-3-5-11(12)18(19,20)21/h3-7,9H,2,8,10H2,1H3,(H,22,25). The number of thioether (sulfide) groups is 1. The summed E-state index contributed by atoms with van der Waals surface area (Å²) in [7, 11) is 0. The van der Waals surface area contributed by atoms with Gasteiger partial charge in [-0.3, -0.25) is 14.2 Å².